The smallest absolute Gasteiger partial charge is 0.243 e. The van der Waals surface area contributed by atoms with Crippen LogP contribution in [0.4, 0.5) is 0 Å². The second-order valence-electron chi connectivity index (χ2n) is 4.70. The van der Waals surface area contributed by atoms with E-state index in [1.807, 2.05) is 0 Å². The second-order valence-corrected chi connectivity index (χ2v) is 6.59. The van der Waals surface area contributed by atoms with Gasteiger partial charge in [-0.25, -0.2) is 8.42 Å². The van der Waals surface area contributed by atoms with Crippen molar-refractivity contribution < 1.29 is 13.2 Å². The number of sulfonamides is 1. The summed E-state index contributed by atoms with van der Waals surface area (Å²) in [5.74, 6) is 1.08. The molecule has 1 heterocycles. The number of nitrogens with zero attached hydrogens (tertiary/aromatic N) is 1. The zero-order chi connectivity index (χ0) is 13.3. The quantitative estimate of drug-likeness (QED) is 0.769. The summed E-state index contributed by atoms with van der Waals surface area (Å²) in [5, 5.41) is 0. The summed E-state index contributed by atoms with van der Waals surface area (Å²) in [6.45, 7) is 4.82. The molecule has 1 fully saturated rings. The van der Waals surface area contributed by atoms with Crippen molar-refractivity contribution in [2.75, 3.05) is 13.7 Å². The van der Waals surface area contributed by atoms with Crippen LogP contribution in [0.15, 0.2) is 29.2 Å². The van der Waals surface area contributed by atoms with E-state index in [1.54, 1.807) is 35.7 Å². The van der Waals surface area contributed by atoms with Gasteiger partial charge in [0.1, 0.15) is 5.75 Å². The Kier molecular flexibility index (Phi) is 3.64. The van der Waals surface area contributed by atoms with Crippen LogP contribution in [0.2, 0.25) is 0 Å². The molecule has 1 saturated heterocycles. The van der Waals surface area contributed by atoms with Crippen molar-refractivity contribution in [3.63, 3.8) is 0 Å². The lowest BCUT2D eigenvalue weighted by atomic mass is 10.1. The highest BCUT2D eigenvalue weighted by molar-refractivity contribution is 7.89. The van der Waals surface area contributed by atoms with Gasteiger partial charge in [-0.05, 0) is 30.2 Å². The van der Waals surface area contributed by atoms with Crippen LogP contribution in [-0.4, -0.2) is 32.4 Å². The van der Waals surface area contributed by atoms with Crippen molar-refractivity contribution in [3.05, 3.63) is 24.3 Å². The van der Waals surface area contributed by atoms with Crippen LogP contribution in [0.5, 0.6) is 5.75 Å². The van der Waals surface area contributed by atoms with Crippen molar-refractivity contribution >= 4 is 10.0 Å². The molecule has 1 aliphatic rings. The minimum atomic E-state index is -3.32. The zero-order valence-electron chi connectivity index (χ0n) is 11.0. The van der Waals surface area contributed by atoms with Crippen molar-refractivity contribution in [1.29, 1.82) is 0 Å². The summed E-state index contributed by atoms with van der Waals surface area (Å²) in [6.07, 6.45) is 0.999. The number of benzene rings is 1. The van der Waals surface area contributed by atoms with Crippen molar-refractivity contribution in [1.82, 2.24) is 4.31 Å². The standard InChI is InChI=1S/C13H19NO3S/c1-4-10(2)13-9-14(13)18(15,16)12-7-5-11(17-3)6-8-12/h5-8,10,13H,4,9H2,1-3H3. The molecule has 0 N–H and O–H groups in total. The Labute approximate surface area is 109 Å². The maximum atomic E-state index is 12.3. The number of rotatable bonds is 5. The molecule has 0 saturated carbocycles. The normalized spacial score (nSPS) is 24.6. The lowest BCUT2D eigenvalue weighted by molar-refractivity contribution is 0.414. The first kappa shape index (κ1) is 13.4. The summed E-state index contributed by atoms with van der Waals surface area (Å²) in [7, 11) is -1.75. The van der Waals surface area contributed by atoms with Crippen LogP contribution >= 0.6 is 0 Å². The number of hydrogen-bond acceptors (Lipinski definition) is 3. The van der Waals surface area contributed by atoms with Crippen LogP contribution in [0.3, 0.4) is 0 Å². The molecule has 18 heavy (non-hydrogen) atoms. The Balaban J connectivity index is 2.17. The van der Waals surface area contributed by atoms with Gasteiger partial charge in [0, 0.05) is 12.6 Å². The average molecular weight is 269 g/mol. The fourth-order valence-electron chi connectivity index (χ4n) is 2.03. The monoisotopic (exact) mass is 269 g/mol. The second kappa shape index (κ2) is 4.90. The predicted octanol–water partition coefficient (Wildman–Crippen LogP) is 2.11. The van der Waals surface area contributed by atoms with Gasteiger partial charge >= 0.3 is 0 Å². The number of hydrogen-bond donors (Lipinski definition) is 0. The van der Waals surface area contributed by atoms with Crippen molar-refractivity contribution in [2.24, 2.45) is 5.92 Å². The van der Waals surface area contributed by atoms with Gasteiger partial charge in [0.05, 0.1) is 12.0 Å². The fraction of sp³-hybridized carbons (Fsp3) is 0.538. The number of ether oxygens (including phenoxy) is 1. The predicted molar refractivity (Wildman–Crippen MR) is 70.1 cm³/mol. The molecule has 0 bridgehead atoms. The van der Waals surface area contributed by atoms with E-state index in [9.17, 15) is 8.42 Å². The van der Waals surface area contributed by atoms with Crippen LogP contribution < -0.4 is 4.74 Å². The van der Waals surface area contributed by atoms with Gasteiger partial charge in [0.2, 0.25) is 10.0 Å². The van der Waals surface area contributed by atoms with Crippen LogP contribution in [0.1, 0.15) is 20.3 Å². The third-order valence-electron chi connectivity index (χ3n) is 3.57. The molecule has 3 atom stereocenters. The summed E-state index contributed by atoms with van der Waals surface area (Å²) in [6, 6.07) is 6.71. The molecule has 1 aromatic rings. The Morgan fingerprint density at radius 3 is 2.50 bits per heavy atom. The first-order valence-electron chi connectivity index (χ1n) is 6.16. The van der Waals surface area contributed by atoms with Crippen molar-refractivity contribution in [2.45, 2.75) is 31.2 Å². The Morgan fingerprint density at radius 1 is 1.39 bits per heavy atom. The fourth-order valence-corrected chi connectivity index (χ4v) is 3.70. The lowest BCUT2D eigenvalue weighted by Crippen LogP contribution is -2.17. The van der Waals surface area contributed by atoms with E-state index in [2.05, 4.69) is 13.8 Å². The first-order valence-corrected chi connectivity index (χ1v) is 7.60. The van der Waals surface area contributed by atoms with Crippen molar-refractivity contribution in [3.8, 4) is 5.75 Å². The summed E-state index contributed by atoms with van der Waals surface area (Å²) >= 11 is 0. The van der Waals surface area contributed by atoms with E-state index in [0.717, 1.165) is 6.42 Å². The third-order valence-corrected chi connectivity index (χ3v) is 5.48. The average Bonchev–Trinajstić information content (AvgIpc) is 3.18. The highest BCUT2D eigenvalue weighted by atomic mass is 32.2. The van der Waals surface area contributed by atoms with Gasteiger partial charge in [-0.3, -0.25) is 0 Å². The van der Waals surface area contributed by atoms with E-state index in [0.29, 0.717) is 23.1 Å². The highest BCUT2D eigenvalue weighted by Gasteiger charge is 2.46. The summed E-state index contributed by atoms with van der Waals surface area (Å²) in [5.41, 5.74) is 0. The lowest BCUT2D eigenvalue weighted by Gasteiger charge is -2.10. The molecule has 0 spiro atoms. The zero-order valence-corrected chi connectivity index (χ0v) is 11.8. The van der Waals surface area contributed by atoms with Gasteiger partial charge in [0.15, 0.2) is 0 Å². The molecule has 0 radical (unpaired) electrons. The molecular formula is C13H19NO3S. The topological polar surface area (TPSA) is 46.4 Å². The maximum absolute atomic E-state index is 12.3. The van der Waals surface area contributed by atoms with Gasteiger partial charge < -0.3 is 4.74 Å². The Bertz CT molecular complexity index is 510. The third kappa shape index (κ3) is 2.37. The van der Waals surface area contributed by atoms with E-state index in [-0.39, 0.29) is 6.04 Å². The van der Waals surface area contributed by atoms with E-state index in [1.165, 1.54) is 0 Å². The number of methoxy groups -OCH3 is 1. The molecule has 5 heteroatoms. The molecule has 2 rings (SSSR count). The molecule has 4 nitrogen and oxygen atoms in total. The Hall–Kier alpha value is -1.07. The molecule has 0 aliphatic carbocycles. The van der Waals surface area contributed by atoms with Crippen LogP contribution in [-0.2, 0) is 10.0 Å². The van der Waals surface area contributed by atoms with Crippen LogP contribution in [0, 0.1) is 5.92 Å². The Morgan fingerprint density at radius 2 is 2.00 bits per heavy atom. The molecule has 0 aromatic heterocycles. The van der Waals surface area contributed by atoms with E-state index in [4.69, 9.17) is 4.74 Å². The van der Waals surface area contributed by atoms with Gasteiger partial charge in [0.25, 0.3) is 0 Å². The first-order chi connectivity index (χ1) is 8.50. The van der Waals surface area contributed by atoms with Gasteiger partial charge in [-0.1, -0.05) is 20.3 Å². The minimum absolute atomic E-state index is 0.169. The molecule has 0 amide bonds. The van der Waals surface area contributed by atoms with Crippen LogP contribution in [0.25, 0.3) is 0 Å². The van der Waals surface area contributed by atoms with Gasteiger partial charge in [-0.2, -0.15) is 4.31 Å². The molecule has 1 aromatic carbocycles. The molecule has 100 valence electrons. The minimum Gasteiger partial charge on any atom is -0.497 e. The van der Waals surface area contributed by atoms with E-state index < -0.39 is 10.0 Å². The maximum Gasteiger partial charge on any atom is 0.243 e. The molecule has 1 aliphatic heterocycles. The van der Waals surface area contributed by atoms with E-state index >= 15 is 0 Å². The van der Waals surface area contributed by atoms with Gasteiger partial charge in [-0.15, -0.1) is 0 Å². The highest BCUT2D eigenvalue weighted by Crippen LogP contribution is 2.34. The largest absolute Gasteiger partial charge is 0.497 e. The molecular weight excluding hydrogens is 250 g/mol. The summed E-state index contributed by atoms with van der Waals surface area (Å²) < 4.78 is 31.2. The summed E-state index contributed by atoms with van der Waals surface area (Å²) in [4.78, 5) is 0.342. The SMILES string of the molecule is CCC(C)C1CN1S(=O)(=O)c1ccc(OC)cc1. The molecule has 3 unspecified atom stereocenters.